The second kappa shape index (κ2) is 7.49. The predicted molar refractivity (Wildman–Crippen MR) is 99.2 cm³/mol. The molecule has 0 aliphatic carbocycles. The molecule has 1 aliphatic heterocycles. The fourth-order valence-corrected chi connectivity index (χ4v) is 2.83. The fraction of sp³-hybridized carbons (Fsp3) is 0.158. The molecule has 1 heterocycles. The molecule has 2 aromatic rings. The van der Waals surface area contributed by atoms with Gasteiger partial charge in [-0.1, -0.05) is 29.8 Å². The van der Waals surface area contributed by atoms with Crippen LogP contribution < -0.4 is 19.9 Å². The first kappa shape index (κ1) is 17.8. The number of nitrogens with zero attached hydrogens (tertiary/aromatic N) is 1. The van der Waals surface area contributed by atoms with E-state index in [2.05, 4.69) is 5.43 Å². The van der Waals surface area contributed by atoms with E-state index in [1.54, 1.807) is 36.4 Å². The van der Waals surface area contributed by atoms with Gasteiger partial charge in [0.05, 0.1) is 19.4 Å². The zero-order valence-corrected chi connectivity index (χ0v) is 15.0. The van der Waals surface area contributed by atoms with Crippen molar-refractivity contribution < 1.29 is 19.1 Å². The molecule has 2 amide bonds. The monoisotopic (exact) mass is 372 g/mol. The molecule has 0 unspecified atom stereocenters. The molecule has 134 valence electrons. The number of ether oxygens (including phenoxy) is 2. The first-order valence-corrected chi connectivity index (χ1v) is 8.35. The van der Waals surface area contributed by atoms with E-state index >= 15 is 0 Å². The number of benzene rings is 2. The van der Waals surface area contributed by atoms with Crippen molar-refractivity contribution in [2.75, 3.05) is 18.7 Å². The van der Waals surface area contributed by atoms with Crippen LogP contribution in [0, 0.1) is 0 Å². The first-order valence-electron chi connectivity index (χ1n) is 7.97. The van der Waals surface area contributed by atoms with E-state index in [0.717, 1.165) is 0 Å². The number of nitrogens with one attached hydrogen (secondary N) is 1. The van der Waals surface area contributed by atoms with E-state index in [0.29, 0.717) is 34.4 Å². The highest BCUT2D eigenvalue weighted by Gasteiger charge is 2.34. The van der Waals surface area contributed by atoms with E-state index < -0.39 is 11.8 Å². The van der Waals surface area contributed by atoms with Gasteiger partial charge in [0.15, 0.2) is 11.5 Å². The minimum Gasteiger partial charge on any atom is -0.493 e. The van der Waals surface area contributed by atoms with Gasteiger partial charge in [-0.15, -0.1) is 0 Å². The standard InChI is InChI=1S/C19H17ClN2O4/c1-3-26-17-12(9-13(20)11-16(17)25-2)10-15-18(23)21-22(19(15)24)14-7-5-4-6-8-14/h4-11H,3H2,1-2H3,(H,21,23). The third-order valence-electron chi connectivity index (χ3n) is 3.76. The normalized spacial score (nSPS) is 15.3. The molecule has 0 aromatic heterocycles. The molecule has 0 bridgehead atoms. The van der Waals surface area contributed by atoms with Crippen LogP contribution in [0.25, 0.3) is 6.08 Å². The predicted octanol–water partition coefficient (Wildman–Crippen LogP) is 3.21. The minimum absolute atomic E-state index is 0.0147. The zero-order valence-electron chi connectivity index (χ0n) is 14.3. The van der Waals surface area contributed by atoms with Gasteiger partial charge in [0.25, 0.3) is 11.8 Å². The lowest BCUT2D eigenvalue weighted by atomic mass is 10.1. The van der Waals surface area contributed by atoms with Gasteiger partial charge >= 0.3 is 0 Å². The van der Waals surface area contributed by atoms with E-state index in [4.69, 9.17) is 21.1 Å². The second-order valence-electron chi connectivity index (χ2n) is 5.43. The van der Waals surface area contributed by atoms with E-state index in [-0.39, 0.29) is 5.57 Å². The van der Waals surface area contributed by atoms with Crippen molar-refractivity contribution in [2.45, 2.75) is 6.92 Å². The van der Waals surface area contributed by atoms with Crippen LogP contribution in [0.15, 0.2) is 48.0 Å². The average molecular weight is 373 g/mol. The van der Waals surface area contributed by atoms with E-state index in [9.17, 15) is 9.59 Å². The Hall–Kier alpha value is -2.99. The third kappa shape index (κ3) is 3.36. The highest BCUT2D eigenvalue weighted by molar-refractivity contribution is 6.32. The van der Waals surface area contributed by atoms with Crippen LogP contribution in [0.3, 0.4) is 0 Å². The van der Waals surface area contributed by atoms with E-state index in [1.165, 1.54) is 18.2 Å². The number of rotatable bonds is 5. The Labute approximate surface area is 155 Å². The zero-order chi connectivity index (χ0) is 18.7. The fourth-order valence-electron chi connectivity index (χ4n) is 2.62. The Bertz CT molecular complexity index is 881. The minimum atomic E-state index is -0.500. The summed E-state index contributed by atoms with van der Waals surface area (Å²) in [4.78, 5) is 25.0. The summed E-state index contributed by atoms with van der Waals surface area (Å²) in [5.41, 5.74) is 3.60. The molecule has 0 spiro atoms. The van der Waals surface area contributed by atoms with Gasteiger partial charge in [0, 0.05) is 16.7 Å². The number of hydrogen-bond acceptors (Lipinski definition) is 4. The number of halogens is 1. The van der Waals surface area contributed by atoms with Gasteiger partial charge in [-0.05, 0) is 31.2 Å². The Balaban J connectivity index is 2.03. The molecule has 1 N–H and O–H groups in total. The molecule has 1 aliphatic rings. The van der Waals surface area contributed by atoms with Crippen LogP contribution in [0.5, 0.6) is 11.5 Å². The smallest absolute Gasteiger partial charge is 0.282 e. The van der Waals surface area contributed by atoms with Crippen molar-refractivity contribution >= 4 is 35.2 Å². The Morgan fingerprint density at radius 1 is 1.19 bits per heavy atom. The number of hydrogen-bond donors (Lipinski definition) is 1. The van der Waals surface area contributed by atoms with Gasteiger partial charge in [-0.2, -0.15) is 0 Å². The summed E-state index contributed by atoms with van der Waals surface area (Å²) in [7, 11) is 1.50. The maximum absolute atomic E-state index is 12.7. The van der Waals surface area contributed by atoms with Gasteiger partial charge in [-0.3, -0.25) is 15.0 Å². The van der Waals surface area contributed by atoms with Crippen molar-refractivity contribution in [3.8, 4) is 11.5 Å². The Kier molecular flexibility index (Phi) is 5.14. The van der Waals surface area contributed by atoms with Gasteiger partial charge < -0.3 is 9.47 Å². The van der Waals surface area contributed by atoms with Crippen molar-refractivity contribution in [1.29, 1.82) is 0 Å². The number of carbonyl (C=O) groups excluding carboxylic acids is 2. The lowest BCUT2D eigenvalue weighted by molar-refractivity contribution is -0.117. The summed E-state index contributed by atoms with van der Waals surface area (Å²) in [6.45, 7) is 2.22. The highest BCUT2D eigenvalue weighted by atomic mass is 35.5. The van der Waals surface area contributed by atoms with Gasteiger partial charge in [0.2, 0.25) is 0 Å². The number of carbonyl (C=O) groups is 2. The molecule has 6 nitrogen and oxygen atoms in total. The molecule has 7 heteroatoms. The Morgan fingerprint density at radius 3 is 2.58 bits per heavy atom. The maximum atomic E-state index is 12.7. The second-order valence-corrected chi connectivity index (χ2v) is 5.87. The topological polar surface area (TPSA) is 67.9 Å². The van der Waals surface area contributed by atoms with Crippen LogP contribution in [0.4, 0.5) is 5.69 Å². The number of amides is 2. The summed E-state index contributed by atoms with van der Waals surface area (Å²) in [5, 5.41) is 1.61. The molecule has 1 saturated heterocycles. The van der Waals surface area contributed by atoms with Crippen molar-refractivity contribution in [3.05, 3.63) is 58.6 Å². The molecule has 1 fully saturated rings. The molecule has 0 saturated carbocycles. The lowest BCUT2D eigenvalue weighted by Gasteiger charge is -2.14. The van der Waals surface area contributed by atoms with Crippen molar-refractivity contribution in [1.82, 2.24) is 5.43 Å². The quantitative estimate of drug-likeness (QED) is 0.646. The molecule has 3 rings (SSSR count). The summed E-state index contributed by atoms with van der Waals surface area (Å²) in [6.07, 6.45) is 1.46. The van der Waals surface area contributed by atoms with Crippen LogP contribution in [-0.2, 0) is 9.59 Å². The summed E-state index contributed by atoms with van der Waals surface area (Å²) in [5.74, 6) is -0.106. The third-order valence-corrected chi connectivity index (χ3v) is 3.98. The van der Waals surface area contributed by atoms with Crippen molar-refractivity contribution in [2.24, 2.45) is 0 Å². The maximum Gasteiger partial charge on any atom is 0.282 e. The van der Waals surface area contributed by atoms with Crippen LogP contribution in [0.1, 0.15) is 12.5 Å². The molecule has 2 aromatic carbocycles. The van der Waals surface area contributed by atoms with Crippen LogP contribution in [-0.4, -0.2) is 25.5 Å². The largest absolute Gasteiger partial charge is 0.493 e. The Morgan fingerprint density at radius 2 is 1.92 bits per heavy atom. The summed E-state index contributed by atoms with van der Waals surface area (Å²) < 4.78 is 10.9. The molecule has 26 heavy (non-hydrogen) atoms. The van der Waals surface area contributed by atoms with Gasteiger partial charge in [0.1, 0.15) is 5.57 Å². The SMILES string of the molecule is CCOc1c(C=C2C(=O)NN(c3ccccc3)C2=O)cc(Cl)cc1OC. The number of hydrazine groups is 1. The van der Waals surface area contributed by atoms with Gasteiger partial charge in [-0.25, -0.2) is 5.01 Å². The first-order chi connectivity index (χ1) is 12.5. The molecule has 0 radical (unpaired) electrons. The van der Waals surface area contributed by atoms with Crippen LogP contribution in [0.2, 0.25) is 5.02 Å². The van der Waals surface area contributed by atoms with E-state index in [1.807, 2.05) is 13.0 Å². The average Bonchev–Trinajstić information content (AvgIpc) is 2.92. The number of para-hydroxylation sites is 1. The van der Waals surface area contributed by atoms with Crippen molar-refractivity contribution in [3.63, 3.8) is 0 Å². The summed E-state index contributed by atoms with van der Waals surface area (Å²) >= 11 is 6.12. The van der Waals surface area contributed by atoms with Crippen LogP contribution >= 0.6 is 11.6 Å². The summed E-state index contributed by atoms with van der Waals surface area (Å²) in [6, 6.07) is 12.1. The lowest BCUT2D eigenvalue weighted by Crippen LogP contribution is -2.35. The molecular formula is C19H17ClN2O4. The molecular weight excluding hydrogens is 356 g/mol. The molecule has 0 atom stereocenters. The number of anilines is 1. The number of methoxy groups -OCH3 is 1. The highest BCUT2D eigenvalue weighted by Crippen LogP contribution is 2.36.